The Labute approximate surface area is 170 Å². The van der Waals surface area contributed by atoms with Gasteiger partial charge < -0.3 is 19.7 Å². The van der Waals surface area contributed by atoms with Crippen LogP contribution in [0.3, 0.4) is 0 Å². The Bertz CT molecular complexity index is 876. The number of amides is 2. The highest BCUT2D eigenvalue weighted by molar-refractivity contribution is 6.31. The van der Waals surface area contributed by atoms with Crippen molar-refractivity contribution in [2.24, 2.45) is 0 Å². The third kappa shape index (κ3) is 6.02. The minimum Gasteiger partial charge on any atom is -0.493 e. The molecular formula is C19H18ClF3N2O4. The van der Waals surface area contributed by atoms with Gasteiger partial charge in [-0.15, -0.1) is 0 Å². The molecule has 0 saturated heterocycles. The van der Waals surface area contributed by atoms with E-state index in [9.17, 15) is 22.8 Å². The fourth-order valence-electron chi connectivity index (χ4n) is 2.40. The third-order valence-electron chi connectivity index (χ3n) is 3.92. The van der Waals surface area contributed by atoms with Gasteiger partial charge in [-0.25, -0.2) is 4.39 Å². The largest absolute Gasteiger partial charge is 0.493 e. The van der Waals surface area contributed by atoms with Crippen molar-refractivity contribution in [3.63, 3.8) is 0 Å². The van der Waals surface area contributed by atoms with Gasteiger partial charge in [-0.3, -0.25) is 9.59 Å². The van der Waals surface area contributed by atoms with Gasteiger partial charge >= 0.3 is 6.61 Å². The maximum atomic E-state index is 13.8. The molecule has 2 aromatic rings. The Morgan fingerprint density at radius 1 is 1.21 bits per heavy atom. The summed E-state index contributed by atoms with van der Waals surface area (Å²) < 4.78 is 47.8. The number of rotatable bonds is 8. The van der Waals surface area contributed by atoms with Gasteiger partial charge in [-0.05, 0) is 30.3 Å². The summed E-state index contributed by atoms with van der Waals surface area (Å²) in [6, 6.07) is 7.82. The Hall–Kier alpha value is -2.94. The molecule has 6 nitrogen and oxygen atoms in total. The molecule has 0 fully saturated rings. The van der Waals surface area contributed by atoms with E-state index in [-0.39, 0.29) is 40.7 Å². The highest BCUT2D eigenvalue weighted by Crippen LogP contribution is 2.29. The summed E-state index contributed by atoms with van der Waals surface area (Å²) in [5, 5.41) is 2.59. The van der Waals surface area contributed by atoms with E-state index in [4.69, 9.17) is 16.3 Å². The predicted octanol–water partition coefficient (Wildman–Crippen LogP) is 3.48. The van der Waals surface area contributed by atoms with E-state index in [1.54, 1.807) is 0 Å². The number of ether oxygens (including phenoxy) is 2. The number of benzene rings is 2. The maximum absolute atomic E-state index is 13.8. The number of halogens is 4. The van der Waals surface area contributed by atoms with E-state index in [1.807, 2.05) is 0 Å². The Balaban J connectivity index is 1.98. The number of nitrogens with one attached hydrogen (secondary N) is 1. The zero-order valence-electron chi connectivity index (χ0n) is 15.5. The molecular weight excluding hydrogens is 413 g/mol. The molecule has 2 aromatic carbocycles. The second-order valence-electron chi connectivity index (χ2n) is 5.88. The maximum Gasteiger partial charge on any atom is 0.387 e. The quantitative estimate of drug-likeness (QED) is 0.696. The first-order valence-corrected chi connectivity index (χ1v) is 8.68. The number of nitrogens with zero attached hydrogens (tertiary/aromatic N) is 1. The van der Waals surface area contributed by atoms with Gasteiger partial charge in [-0.2, -0.15) is 8.78 Å². The van der Waals surface area contributed by atoms with E-state index in [1.165, 1.54) is 49.4 Å². The molecule has 0 radical (unpaired) electrons. The summed E-state index contributed by atoms with van der Waals surface area (Å²) in [6.45, 7) is -3.48. The van der Waals surface area contributed by atoms with Crippen LogP contribution in [0.2, 0.25) is 5.02 Å². The molecule has 2 rings (SSSR count). The van der Waals surface area contributed by atoms with Crippen LogP contribution in [0.25, 0.3) is 0 Å². The lowest BCUT2D eigenvalue weighted by Crippen LogP contribution is -2.38. The molecule has 2 amide bonds. The lowest BCUT2D eigenvalue weighted by Gasteiger charge is -2.19. The Morgan fingerprint density at radius 2 is 1.93 bits per heavy atom. The second kappa shape index (κ2) is 10.0. The molecule has 156 valence electrons. The lowest BCUT2D eigenvalue weighted by atomic mass is 10.2. The van der Waals surface area contributed by atoms with E-state index >= 15 is 0 Å². The molecule has 0 aliphatic rings. The molecule has 10 heteroatoms. The van der Waals surface area contributed by atoms with Crippen molar-refractivity contribution in [3.05, 3.63) is 58.4 Å². The minimum atomic E-state index is -3.04. The monoisotopic (exact) mass is 430 g/mol. The normalized spacial score (nSPS) is 10.6. The first kappa shape index (κ1) is 22.4. The van der Waals surface area contributed by atoms with Crippen LogP contribution < -0.4 is 14.8 Å². The van der Waals surface area contributed by atoms with Gasteiger partial charge in [-0.1, -0.05) is 17.7 Å². The van der Waals surface area contributed by atoms with Crippen LogP contribution in [0.4, 0.5) is 13.2 Å². The van der Waals surface area contributed by atoms with Crippen molar-refractivity contribution in [1.82, 2.24) is 10.2 Å². The minimum absolute atomic E-state index is 0.0596. The van der Waals surface area contributed by atoms with Crippen molar-refractivity contribution < 1.29 is 32.2 Å². The topological polar surface area (TPSA) is 67.9 Å². The molecule has 0 aliphatic heterocycles. The molecule has 0 atom stereocenters. The molecule has 0 aliphatic carbocycles. The predicted molar refractivity (Wildman–Crippen MR) is 99.8 cm³/mol. The zero-order chi connectivity index (χ0) is 21.6. The smallest absolute Gasteiger partial charge is 0.387 e. The summed E-state index contributed by atoms with van der Waals surface area (Å²) >= 11 is 5.94. The number of hydrogen-bond donors (Lipinski definition) is 1. The summed E-state index contributed by atoms with van der Waals surface area (Å²) in [4.78, 5) is 25.7. The molecule has 0 heterocycles. The van der Waals surface area contributed by atoms with Crippen LogP contribution in [0.15, 0.2) is 36.4 Å². The number of carbonyl (C=O) groups excluding carboxylic acids is 2. The van der Waals surface area contributed by atoms with E-state index in [2.05, 4.69) is 10.1 Å². The van der Waals surface area contributed by atoms with Crippen molar-refractivity contribution >= 4 is 23.4 Å². The van der Waals surface area contributed by atoms with Crippen LogP contribution in [-0.2, 0) is 11.3 Å². The summed E-state index contributed by atoms with van der Waals surface area (Å²) in [5.74, 6) is -1.94. The van der Waals surface area contributed by atoms with Gasteiger partial charge in [0.2, 0.25) is 5.91 Å². The average molecular weight is 431 g/mol. The first-order chi connectivity index (χ1) is 13.7. The van der Waals surface area contributed by atoms with Crippen LogP contribution in [-0.4, -0.2) is 44.0 Å². The third-order valence-corrected chi connectivity index (χ3v) is 4.28. The van der Waals surface area contributed by atoms with Gasteiger partial charge in [0, 0.05) is 29.7 Å². The van der Waals surface area contributed by atoms with E-state index in [0.29, 0.717) is 0 Å². The highest BCUT2D eigenvalue weighted by Gasteiger charge is 2.17. The summed E-state index contributed by atoms with van der Waals surface area (Å²) in [5.41, 5.74) is 0.242. The van der Waals surface area contributed by atoms with Gasteiger partial charge in [0.1, 0.15) is 5.82 Å². The lowest BCUT2D eigenvalue weighted by molar-refractivity contribution is -0.129. The van der Waals surface area contributed by atoms with Crippen molar-refractivity contribution in [1.29, 1.82) is 0 Å². The fourth-order valence-corrected chi connectivity index (χ4v) is 2.63. The van der Waals surface area contributed by atoms with Gasteiger partial charge in [0.05, 0.1) is 13.7 Å². The standard InChI is InChI=1S/C19H18ClF3N2O4/c1-25(10-12-13(20)4-3-5-14(12)21)17(26)9-24-18(27)11-6-7-15(29-19(22)23)16(8-11)28-2/h3-8,19H,9-10H2,1-2H3,(H,24,27). The SMILES string of the molecule is COc1cc(C(=O)NCC(=O)N(C)Cc2c(F)cccc2Cl)ccc1OC(F)F. The molecule has 0 bridgehead atoms. The van der Waals surface area contributed by atoms with Gasteiger partial charge in [0.25, 0.3) is 5.91 Å². The van der Waals surface area contributed by atoms with Crippen LogP contribution in [0.5, 0.6) is 11.5 Å². The van der Waals surface area contributed by atoms with Crippen LogP contribution in [0, 0.1) is 5.82 Å². The van der Waals surface area contributed by atoms with Crippen LogP contribution in [0.1, 0.15) is 15.9 Å². The number of alkyl halides is 2. The first-order valence-electron chi connectivity index (χ1n) is 8.30. The second-order valence-corrected chi connectivity index (χ2v) is 6.28. The average Bonchev–Trinajstić information content (AvgIpc) is 2.68. The molecule has 0 aromatic heterocycles. The fraction of sp³-hybridized carbons (Fsp3) is 0.263. The van der Waals surface area contributed by atoms with Gasteiger partial charge in [0.15, 0.2) is 11.5 Å². The van der Waals surface area contributed by atoms with Crippen molar-refractivity contribution in [2.45, 2.75) is 13.2 Å². The number of carbonyl (C=O) groups is 2. The van der Waals surface area contributed by atoms with Crippen molar-refractivity contribution in [3.8, 4) is 11.5 Å². The number of hydrogen-bond acceptors (Lipinski definition) is 4. The Morgan fingerprint density at radius 3 is 2.55 bits per heavy atom. The molecule has 0 unspecified atom stereocenters. The molecule has 1 N–H and O–H groups in total. The molecule has 29 heavy (non-hydrogen) atoms. The summed E-state index contributed by atoms with van der Waals surface area (Å²) in [6.07, 6.45) is 0. The number of methoxy groups -OCH3 is 1. The van der Waals surface area contributed by atoms with E-state index in [0.717, 1.165) is 6.07 Å². The highest BCUT2D eigenvalue weighted by atomic mass is 35.5. The van der Waals surface area contributed by atoms with Crippen molar-refractivity contribution in [2.75, 3.05) is 20.7 Å². The summed E-state index contributed by atoms with van der Waals surface area (Å²) in [7, 11) is 2.68. The Kier molecular flexibility index (Phi) is 7.72. The van der Waals surface area contributed by atoms with E-state index < -0.39 is 24.2 Å². The zero-order valence-corrected chi connectivity index (χ0v) is 16.3. The molecule has 0 saturated carbocycles. The molecule has 0 spiro atoms. The van der Waals surface area contributed by atoms with Crippen LogP contribution >= 0.6 is 11.6 Å². The number of likely N-dealkylation sites (N-methyl/N-ethyl adjacent to an activating group) is 1.